The first-order valence-electron chi connectivity index (χ1n) is 14.7. The van der Waals surface area contributed by atoms with Gasteiger partial charge in [0, 0.05) is 26.1 Å². The quantitative estimate of drug-likeness (QED) is 0.107. The van der Waals surface area contributed by atoms with Crippen molar-refractivity contribution < 1.29 is 18.7 Å². The monoisotopic (exact) mass is 710 g/mol. The van der Waals surface area contributed by atoms with Crippen LogP contribution in [0.2, 0.25) is 5.02 Å². The van der Waals surface area contributed by atoms with E-state index in [-0.39, 0.29) is 23.9 Å². The topological polar surface area (TPSA) is 108 Å². The summed E-state index contributed by atoms with van der Waals surface area (Å²) in [6.07, 6.45) is 3.70. The van der Waals surface area contributed by atoms with Gasteiger partial charge in [-0.1, -0.05) is 45.7 Å². The number of furan rings is 1. The van der Waals surface area contributed by atoms with Crippen LogP contribution in [-0.2, 0) is 11.2 Å². The predicted molar refractivity (Wildman–Crippen MR) is 189 cm³/mol. The molecule has 11 heteroatoms. The molecule has 0 saturated carbocycles. The molecule has 0 bridgehead atoms. The largest absolute Gasteiger partial charge is 0.490 e. The number of nitrogens with zero attached hydrogens (tertiary/aromatic N) is 3. The van der Waals surface area contributed by atoms with Crippen molar-refractivity contribution in [2.45, 2.75) is 13.3 Å². The number of aromatic nitrogens is 2. The van der Waals surface area contributed by atoms with Crippen molar-refractivity contribution in [3.05, 3.63) is 129 Å². The number of nitrogens with one attached hydrogen (secondary N) is 1. The van der Waals surface area contributed by atoms with Gasteiger partial charge in [-0.25, -0.2) is 4.98 Å². The molecule has 0 spiro atoms. The average Bonchev–Trinajstić information content (AvgIpc) is 3.48. The fraction of sp³-hybridized carbons (Fsp3) is 0.111. The lowest BCUT2D eigenvalue weighted by atomic mass is 10.1. The molecule has 0 unspecified atom stereocenters. The van der Waals surface area contributed by atoms with Gasteiger partial charge in [0.2, 0.25) is 5.82 Å². The van der Waals surface area contributed by atoms with Crippen LogP contribution in [0.25, 0.3) is 33.5 Å². The van der Waals surface area contributed by atoms with E-state index in [9.17, 15) is 9.59 Å². The Morgan fingerprint density at radius 3 is 2.68 bits per heavy atom. The molecule has 0 saturated heterocycles. The molecule has 236 valence electrons. The van der Waals surface area contributed by atoms with Crippen LogP contribution >= 0.6 is 27.5 Å². The summed E-state index contributed by atoms with van der Waals surface area (Å²) < 4.78 is 20.2. The van der Waals surface area contributed by atoms with E-state index in [4.69, 9.17) is 30.5 Å². The second kappa shape index (κ2) is 14.1. The first-order chi connectivity index (χ1) is 22.8. The summed E-state index contributed by atoms with van der Waals surface area (Å²) >= 11 is 9.44. The number of allylic oxidation sites excluding steroid dienone is 1. The number of anilines is 1. The Morgan fingerprint density at radius 2 is 1.89 bits per heavy atom. The molecular weight excluding hydrogens is 684 g/mol. The lowest BCUT2D eigenvalue weighted by Crippen LogP contribution is -2.21. The van der Waals surface area contributed by atoms with Crippen molar-refractivity contribution in [1.82, 2.24) is 9.66 Å². The molecule has 1 N–H and O–H groups in total. The summed E-state index contributed by atoms with van der Waals surface area (Å²) in [6, 6.07) is 24.9. The number of fused-ring (bicyclic) bond motifs is 2. The standard InChI is InChI=1S/C36H28BrClN4O5/c1-3-7-23-16-22(17-31(45-4-2)34(23)46-21-33(43)40-27-13-11-26(38)12-14-27)20-39-42-35(41-29-9-6-5-8-28(29)36(42)44)32-19-24-18-25(37)10-15-30(24)47-32/h3,5-6,8-20H,1,4,7,21H2,2H3,(H,40,43). The van der Waals surface area contributed by atoms with Crippen molar-refractivity contribution in [3.8, 4) is 23.1 Å². The fourth-order valence-corrected chi connectivity index (χ4v) is 5.50. The number of halogens is 2. The highest BCUT2D eigenvalue weighted by molar-refractivity contribution is 9.10. The molecule has 47 heavy (non-hydrogen) atoms. The van der Waals surface area contributed by atoms with Gasteiger partial charge in [0.05, 0.1) is 23.7 Å². The highest BCUT2D eigenvalue weighted by Crippen LogP contribution is 2.34. The minimum Gasteiger partial charge on any atom is -0.490 e. The summed E-state index contributed by atoms with van der Waals surface area (Å²) in [5.41, 5.74) is 2.76. The highest BCUT2D eigenvalue weighted by Gasteiger charge is 2.18. The molecule has 2 heterocycles. The number of amides is 1. The maximum absolute atomic E-state index is 13.8. The molecule has 4 aromatic carbocycles. The Morgan fingerprint density at radius 1 is 1.09 bits per heavy atom. The zero-order valence-electron chi connectivity index (χ0n) is 25.2. The third-order valence-electron chi connectivity index (χ3n) is 7.07. The number of rotatable bonds is 11. The molecule has 0 aliphatic heterocycles. The third kappa shape index (κ3) is 7.14. The van der Waals surface area contributed by atoms with Crippen LogP contribution in [0.5, 0.6) is 11.5 Å². The van der Waals surface area contributed by atoms with Crippen molar-refractivity contribution in [2.24, 2.45) is 5.10 Å². The summed E-state index contributed by atoms with van der Waals surface area (Å²) in [5, 5.41) is 9.22. The summed E-state index contributed by atoms with van der Waals surface area (Å²) in [4.78, 5) is 31.2. The molecule has 0 aliphatic rings. The second-order valence-electron chi connectivity index (χ2n) is 10.4. The second-order valence-corrected chi connectivity index (χ2v) is 11.7. The van der Waals surface area contributed by atoms with Gasteiger partial charge in [0.25, 0.3) is 11.5 Å². The molecule has 6 aromatic rings. The highest BCUT2D eigenvalue weighted by atomic mass is 79.9. The van der Waals surface area contributed by atoms with E-state index in [1.807, 2.05) is 43.3 Å². The minimum atomic E-state index is -0.355. The number of carbonyl (C=O) groups excluding carboxylic acids is 1. The van der Waals surface area contributed by atoms with Crippen molar-refractivity contribution >= 4 is 67.2 Å². The average molecular weight is 712 g/mol. The zero-order valence-corrected chi connectivity index (χ0v) is 27.5. The Kier molecular flexibility index (Phi) is 9.51. The molecule has 9 nitrogen and oxygen atoms in total. The number of hydrogen-bond acceptors (Lipinski definition) is 7. The molecule has 0 aliphatic carbocycles. The Labute approximate surface area is 283 Å². The number of para-hydroxylation sites is 1. The van der Waals surface area contributed by atoms with Crippen LogP contribution in [0, 0.1) is 0 Å². The van der Waals surface area contributed by atoms with Crippen LogP contribution in [0.4, 0.5) is 5.69 Å². The molecule has 6 rings (SSSR count). The molecular formula is C36H28BrClN4O5. The van der Waals surface area contributed by atoms with Gasteiger partial charge in [-0.15, -0.1) is 6.58 Å². The molecule has 0 atom stereocenters. The van der Waals surface area contributed by atoms with Crippen LogP contribution in [0.3, 0.4) is 0 Å². The SMILES string of the molecule is C=CCc1cc(C=Nn2c(-c3cc4cc(Br)ccc4o3)nc3ccccc3c2=O)cc(OCC)c1OCC(=O)Nc1ccc(Cl)cc1. The lowest BCUT2D eigenvalue weighted by Gasteiger charge is -2.16. The van der Waals surface area contributed by atoms with E-state index in [0.29, 0.717) is 63.0 Å². The van der Waals surface area contributed by atoms with Gasteiger partial charge in [-0.2, -0.15) is 9.78 Å². The van der Waals surface area contributed by atoms with Crippen molar-refractivity contribution in [3.63, 3.8) is 0 Å². The Balaban J connectivity index is 1.36. The van der Waals surface area contributed by atoms with Gasteiger partial charge < -0.3 is 19.2 Å². The third-order valence-corrected chi connectivity index (χ3v) is 7.81. The summed E-state index contributed by atoms with van der Waals surface area (Å²) in [7, 11) is 0. The van der Waals surface area contributed by atoms with E-state index in [1.54, 1.807) is 60.8 Å². The molecule has 0 radical (unpaired) electrons. The molecule has 0 fully saturated rings. The van der Waals surface area contributed by atoms with Crippen LogP contribution < -0.4 is 20.3 Å². The van der Waals surface area contributed by atoms with Crippen LogP contribution in [0.1, 0.15) is 18.1 Å². The maximum atomic E-state index is 13.8. The smallest absolute Gasteiger partial charge is 0.282 e. The number of ether oxygens (including phenoxy) is 2. The molecule has 2 aromatic heterocycles. The Bertz CT molecular complexity index is 2210. The Hall–Kier alpha value is -5.19. The van der Waals surface area contributed by atoms with Gasteiger partial charge in [0.15, 0.2) is 23.9 Å². The maximum Gasteiger partial charge on any atom is 0.282 e. The van der Waals surface area contributed by atoms with E-state index in [0.717, 1.165) is 15.4 Å². The number of benzene rings is 4. The van der Waals surface area contributed by atoms with Gasteiger partial charge in [0.1, 0.15) is 5.58 Å². The zero-order chi connectivity index (χ0) is 32.9. The molecule has 1 amide bonds. The lowest BCUT2D eigenvalue weighted by molar-refractivity contribution is -0.118. The summed E-state index contributed by atoms with van der Waals surface area (Å²) in [5.74, 6) is 1.12. The fourth-order valence-electron chi connectivity index (χ4n) is 5.00. The predicted octanol–water partition coefficient (Wildman–Crippen LogP) is 8.25. The van der Waals surface area contributed by atoms with Gasteiger partial charge >= 0.3 is 0 Å². The first-order valence-corrected chi connectivity index (χ1v) is 15.8. The van der Waals surface area contributed by atoms with E-state index >= 15 is 0 Å². The van der Waals surface area contributed by atoms with Crippen molar-refractivity contribution in [1.29, 1.82) is 0 Å². The van der Waals surface area contributed by atoms with E-state index in [1.165, 1.54) is 4.68 Å². The van der Waals surface area contributed by atoms with Crippen LogP contribution in [-0.4, -0.2) is 35.0 Å². The summed E-state index contributed by atoms with van der Waals surface area (Å²) in [6.45, 7) is 5.82. The number of carbonyl (C=O) groups is 1. The van der Waals surface area contributed by atoms with Crippen LogP contribution in [0.15, 0.2) is 116 Å². The van der Waals surface area contributed by atoms with E-state index < -0.39 is 0 Å². The van der Waals surface area contributed by atoms with Gasteiger partial charge in [-0.3, -0.25) is 9.59 Å². The first kappa shape index (κ1) is 31.8. The normalized spacial score (nSPS) is 11.3. The minimum absolute atomic E-state index is 0.250. The van der Waals surface area contributed by atoms with Gasteiger partial charge in [-0.05, 0) is 91.7 Å². The number of hydrogen-bond donors (Lipinski definition) is 1. The van der Waals surface area contributed by atoms with E-state index in [2.05, 4.69) is 32.9 Å². The van der Waals surface area contributed by atoms with Crippen molar-refractivity contribution in [2.75, 3.05) is 18.5 Å².